The zero-order valence-corrected chi connectivity index (χ0v) is 12.4. The summed E-state index contributed by atoms with van der Waals surface area (Å²) >= 11 is 0. The molecular formula is C16H17N5O. The fraction of sp³-hybridized carbons (Fsp3) is 0.438. The zero-order valence-electron chi connectivity index (χ0n) is 12.4. The van der Waals surface area contributed by atoms with Crippen LogP contribution in [0.25, 0.3) is 17.2 Å². The first kappa shape index (κ1) is 12.3. The Morgan fingerprint density at radius 3 is 3.09 bits per heavy atom. The third kappa shape index (κ3) is 1.73. The number of pyridine rings is 1. The first-order chi connectivity index (χ1) is 10.8. The highest BCUT2D eigenvalue weighted by Gasteiger charge is 2.42. The van der Waals surface area contributed by atoms with Crippen molar-refractivity contribution < 1.29 is 4.52 Å². The van der Waals surface area contributed by atoms with E-state index >= 15 is 0 Å². The predicted octanol–water partition coefficient (Wildman–Crippen LogP) is 2.30. The summed E-state index contributed by atoms with van der Waals surface area (Å²) < 4.78 is 7.58. The van der Waals surface area contributed by atoms with Gasteiger partial charge in [-0.2, -0.15) is 4.98 Å². The van der Waals surface area contributed by atoms with Crippen molar-refractivity contribution >= 4 is 5.65 Å². The summed E-state index contributed by atoms with van der Waals surface area (Å²) in [6, 6.07) is 5.18. The highest BCUT2D eigenvalue weighted by atomic mass is 16.5. The molecule has 2 aliphatic heterocycles. The number of aryl methyl sites for hydroxylation is 1. The Balaban J connectivity index is 1.54. The molecule has 6 heteroatoms. The number of nitrogens with one attached hydrogen (secondary N) is 1. The van der Waals surface area contributed by atoms with E-state index in [9.17, 15) is 0 Å². The molecule has 5 heterocycles. The van der Waals surface area contributed by atoms with Crippen molar-refractivity contribution in [1.82, 2.24) is 24.8 Å². The maximum absolute atomic E-state index is 5.56. The van der Waals surface area contributed by atoms with Crippen LogP contribution in [0.2, 0.25) is 0 Å². The molecule has 3 atom stereocenters. The van der Waals surface area contributed by atoms with Gasteiger partial charge in [-0.05, 0) is 37.8 Å². The molecule has 0 unspecified atom stereocenters. The molecule has 22 heavy (non-hydrogen) atoms. The van der Waals surface area contributed by atoms with E-state index in [1.54, 1.807) is 0 Å². The molecule has 0 spiro atoms. The van der Waals surface area contributed by atoms with Crippen LogP contribution in [0.5, 0.6) is 0 Å². The van der Waals surface area contributed by atoms with Crippen LogP contribution in [-0.4, -0.2) is 31.6 Å². The lowest BCUT2D eigenvalue weighted by molar-refractivity contribution is 0.329. The molecule has 2 bridgehead atoms. The van der Waals surface area contributed by atoms with Crippen molar-refractivity contribution in [1.29, 1.82) is 0 Å². The van der Waals surface area contributed by atoms with Crippen molar-refractivity contribution in [2.45, 2.75) is 44.2 Å². The number of rotatable bonds is 2. The molecule has 3 aromatic rings. The van der Waals surface area contributed by atoms with Crippen LogP contribution >= 0.6 is 0 Å². The van der Waals surface area contributed by atoms with E-state index in [0.29, 0.717) is 23.8 Å². The van der Waals surface area contributed by atoms with Crippen LogP contribution < -0.4 is 5.32 Å². The first-order valence-electron chi connectivity index (χ1n) is 7.82. The molecule has 2 aliphatic rings. The molecule has 0 saturated carbocycles. The monoisotopic (exact) mass is 295 g/mol. The molecule has 2 saturated heterocycles. The maximum Gasteiger partial charge on any atom is 0.231 e. The average molecular weight is 295 g/mol. The minimum absolute atomic E-state index is 0.362. The predicted molar refractivity (Wildman–Crippen MR) is 80.5 cm³/mol. The minimum Gasteiger partial charge on any atom is -0.339 e. The van der Waals surface area contributed by atoms with Gasteiger partial charge in [0, 0.05) is 18.3 Å². The highest BCUT2D eigenvalue weighted by molar-refractivity contribution is 5.56. The van der Waals surface area contributed by atoms with E-state index in [1.807, 2.05) is 22.9 Å². The molecule has 3 aromatic heterocycles. The van der Waals surface area contributed by atoms with Crippen LogP contribution in [0, 0.1) is 6.92 Å². The molecular weight excluding hydrogens is 278 g/mol. The van der Waals surface area contributed by atoms with Crippen LogP contribution in [0.1, 0.15) is 36.6 Å². The normalized spacial score (nSPS) is 27.0. The Morgan fingerprint density at radius 1 is 1.32 bits per heavy atom. The first-order valence-corrected chi connectivity index (χ1v) is 7.82. The summed E-state index contributed by atoms with van der Waals surface area (Å²) in [6.45, 7) is 2.06. The average Bonchev–Trinajstić information content (AvgIpc) is 3.29. The van der Waals surface area contributed by atoms with Gasteiger partial charge in [0.15, 0.2) is 0 Å². The Kier molecular flexibility index (Phi) is 2.47. The van der Waals surface area contributed by atoms with Crippen LogP contribution in [0.15, 0.2) is 29.0 Å². The lowest BCUT2D eigenvalue weighted by Gasteiger charge is -2.15. The zero-order chi connectivity index (χ0) is 14.7. The lowest BCUT2D eigenvalue weighted by atomic mass is 9.89. The van der Waals surface area contributed by atoms with Crippen molar-refractivity contribution in [2.24, 2.45) is 0 Å². The molecule has 5 rings (SSSR count). The number of fused-ring (bicyclic) bond motifs is 3. The second-order valence-corrected chi connectivity index (χ2v) is 6.42. The van der Waals surface area contributed by atoms with Crippen LogP contribution in [0.3, 0.4) is 0 Å². The van der Waals surface area contributed by atoms with Gasteiger partial charge in [-0.3, -0.25) is 4.40 Å². The maximum atomic E-state index is 5.56. The molecule has 112 valence electrons. The Labute approximate surface area is 127 Å². The number of nitrogens with zero attached hydrogens (tertiary/aromatic N) is 4. The minimum atomic E-state index is 0.362. The number of aromatic nitrogens is 4. The van der Waals surface area contributed by atoms with Gasteiger partial charge in [0.05, 0.1) is 12.1 Å². The fourth-order valence-corrected chi connectivity index (χ4v) is 3.84. The summed E-state index contributed by atoms with van der Waals surface area (Å²) in [7, 11) is 0. The van der Waals surface area contributed by atoms with Crippen molar-refractivity contribution in [3.05, 3.63) is 36.0 Å². The van der Waals surface area contributed by atoms with Gasteiger partial charge in [0.1, 0.15) is 11.3 Å². The summed E-state index contributed by atoms with van der Waals surface area (Å²) in [5.74, 6) is 1.74. The molecule has 6 nitrogen and oxygen atoms in total. The van der Waals surface area contributed by atoms with E-state index in [1.165, 1.54) is 18.4 Å². The highest BCUT2D eigenvalue weighted by Crippen LogP contribution is 2.39. The fourth-order valence-electron chi connectivity index (χ4n) is 3.84. The van der Waals surface area contributed by atoms with E-state index < -0.39 is 0 Å². The van der Waals surface area contributed by atoms with E-state index in [0.717, 1.165) is 23.7 Å². The Bertz CT molecular complexity index is 851. The Hall–Kier alpha value is -2.21. The summed E-state index contributed by atoms with van der Waals surface area (Å²) in [5, 5.41) is 7.80. The summed E-state index contributed by atoms with van der Waals surface area (Å²) in [6.07, 6.45) is 7.45. The topological polar surface area (TPSA) is 68.2 Å². The van der Waals surface area contributed by atoms with E-state index in [2.05, 4.69) is 33.4 Å². The summed E-state index contributed by atoms with van der Waals surface area (Å²) in [4.78, 5) is 9.06. The quantitative estimate of drug-likeness (QED) is 0.785. The third-order valence-electron chi connectivity index (χ3n) is 4.94. The van der Waals surface area contributed by atoms with E-state index in [-0.39, 0.29) is 0 Å². The molecule has 0 amide bonds. The van der Waals surface area contributed by atoms with Crippen LogP contribution in [0.4, 0.5) is 0 Å². The number of hydrogen-bond donors (Lipinski definition) is 1. The smallest absolute Gasteiger partial charge is 0.231 e. The molecule has 0 aromatic carbocycles. The standard InChI is InChI=1S/C16H17N5O/c1-9-2-5-14-17-7-13(21(14)8-9)15-19-16(22-20-15)11-6-10-3-4-12(11)18-10/h2,5,7-8,10-12,18H,3-4,6H2,1H3/t10-,11+,12+/m0/s1. The van der Waals surface area contributed by atoms with Gasteiger partial charge >= 0.3 is 0 Å². The van der Waals surface area contributed by atoms with Crippen molar-refractivity contribution in [2.75, 3.05) is 0 Å². The Morgan fingerprint density at radius 2 is 2.27 bits per heavy atom. The lowest BCUT2D eigenvalue weighted by Crippen LogP contribution is -2.21. The van der Waals surface area contributed by atoms with Crippen molar-refractivity contribution in [3.8, 4) is 11.5 Å². The molecule has 1 N–H and O–H groups in total. The van der Waals surface area contributed by atoms with Gasteiger partial charge < -0.3 is 9.84 Å². The molecule has 0 radical (unpaired) electrons. The van der Waals surface area contributed by atoms with Gasteiger partial charge in [-0.15, -0.1) is 0 Å². The SMILES string of the molecule is Cc1ccc2ncc(-c3noc([C@@H]4C[C@@H]5CC[C@H]4N5)n3)n2c1. The van der Waals surface area contributed by atoms with Crippen LogP contribution in [-0.2, 0) is 0 Å². The third-order valence-corrected chi connectivity index (χ3v) is 4.94. The number of imidazole rings is 1. The van der Waals surface area contributed by atoms with Gasteiger partial charge in [0.25, 0.3) is 0 Å². The van der Waals surface area contributed by atoms with E-state index in [4.69, 9.17) is 4.52 Å². The van der Waals surface area contributed by atoms with Gasteiger partial charge in [0.2, 0.25) is 11.7 Å². The number of hydrogen-bond acceptors (Lipinski definition) is 5. The van der Waals surface area contributed by atoms with Gasteiger partial charge in [-0.25, -0.2) is 4.98 Å². The van der Waals surface area contributed by atoms with Gasteiger partial charge in [-0.1, -0.05) is 11.2 Å². The largest absolute Gasteiger partial charge is 0.339 e. The van der Waals surface area contributed by atoms with Crippen molar-refractivity contribution in [3.63, 3.8) is 0 Å². The molecule has 0 aliphatic carbocycles. The second-order valence-electron chi connectivity index (χ2n) is 6.42. The molecule has 2 fully saturated rings. The summed E-state index contributed by atoms with van der Waals surface area (Å²) in [5.41, 5.74) is 2.95. The second kappa shape index (κ2) is 4.39.